The molecule has 0 radical (unpaired) electrons. The Kier molecular flexibility index (Phi) is 9.57. The van der Waals surface area contributed by atoms with Crippen molar-refractivity contribution in [1.82, 2.24) is 9.62 Å². The van der Waals surface area contributed by atoms with Crippen molar-refractivity contribution in [2.24, 2.45) is 5.92 Å². The number of anilines is 1. The Bertz CT molecular complexity index is 1810. The summed E-state index contributed by atoms with van der Waals surface area (Å²) in [6.07, 6.45) is 4.29. The van der Waals surface area contributed by atoms with Crippen LogP contribution >= 0.6 is 0 Å². The van der Waals surface area contributed by atoms with Crippen LogP contribution in [0, 0.1) is 17.6 Å². The van der Waals surface area contributed by atoms with E-state index in [0.29, 0.717) is 51.4 Å². The van der Waals surface area contributed by atoms with E-state index in [1.807, 2.05) is 24.3 Å². The summed E-state index contributed by atoms with van der Waals surface area (Å²) in [7, 11) is -3.14. The van der Waals surface area contributed by atoms with Gasteiger partial charge in [0, 0.05) is 74.2 Å². The molecule has 3 heterocycles. The molecule has 266 valence electrons. The van der Waals surface area contributed by atoms with Gasteiger partial charge in [0.2, 0.25) is 21.8 Å². The van der Waals surface area contributed by atoms with Crippen molar-refractivity contribution in [2.75, 3.05) is 44.5 Å². The highest BCUT2D eigenvalue weighted by Gasteiger charge is 2.38. The minimum atomic E-state index is -3.14. The second-order valence-corrected chi connectivity index (χ2v) is 15.9. The summed E-state index contributed by atoms with van der Waals surface area (Å²) in [5.74, 6) is -2.07. The first-order chi connectivity index (χ1) is 24.0. The molecule has 4 fully saturated rings. The van der Waals surface area contributed by atoms with Crippen molar-refractivity contribution >= 4 is 27.5 Å². The number of rotatable bonds is 11. The molecule has 0 bridgehead atoms. The van der Waals surface area contributed by atoms with Gasteiger partial charge in [-0.15, -0.1) is 0 Å². The summed E-state index contributed by atoms with van der Waals surface area (Å²) in [4.78, 5) is 23.6. The fourth-order valence-corrected chi connectivity index (χ4v) is 8.44. The number of carbonyl (C=O) groups excluding carboxylic acids is 2. The molecule has 1 aliphatic carbocycles. The molecule has 2 N–H and O–H groups in total. The maximum absolute atomic E-state index is 14.9. The molecule has 13 heteroatoms. The summed E-state index contributed by atoms with van der Waals surface area (Å²) in [6.45, 7) is 2.76. The average molecular weight is 710 g/mol. The first-order valence-corrected chi connectivity index (χ1v) is 18.9. The van der Waals surface area contributed by atoms with Crippen molar-refractivity contribution < 1.29 is 41.0 Å². The van der Waals surface area contributed by atoms with Gasteiger partial charge in [-0.05, 0) is 66.8 Å². The van der Waals surface area contributed by atoms with Crippen LogP contribution in [0.25, 0.3) is 0 Å². The van der Waals surface area contributed by atoms with Crippen LogP contribution in [0.1, 0.15) is 61.1 Å². The summed E-state index contributed by atoms with van der Waals surface area (Å²) in [5.41, 5.74) is 2.13. The molecule has 50 heavy (non-hydrogen) atoms. The van der Waals surface area contributed by atoms with E-state index >= 15 is 0 Å². The smallest absolute Gasteiger partial charge is 0.234 e. The van der Waals surface area contributed by atoms with Gasteiger partial charge in [-0.2, -0.15) is 0 Å². The van der Waals surface area contributed by atoms with E-state index in [-0.39, 0.29) is 41.9 Å². The number of nitrogens with zero attached hydrogens (tertiary/aromatic N) is 1. The lowest BCUT2D eigenvalue weighted by molar-refractivity contribution is -0.134. The Morgan fingerprint density at radius 2 is 1.54 bits per heavy atom. The number of amides is 2. The number of hydrogen-bond acceptors (Lipinski definition) is 8. The second kappa shape index (κ2) is 13.9. The molecule has 3 aromatic rings. The fraction of sp³-hybridized carbons (Fsp3) is 0.459. The van der Waals surface area contributed by atoms with Crippen LogP contribution in [0.2, 0.25) is 0 Å². The van der Waals surface area contributed by atoms with Crippen molar-refractivity contribution in [3.8, 4) is 11.5 Å². The zero-order chi connectivity index (χ0) is 35.0. The molecule has 10 nitrogen and oxygen atoms in total. The quantitative estimate of drug-likeness (QED) is 0.271. The number of ether oxygens (including phenoxy) is 3. The number of halogens is 2. The standard InChI is InChI=1S/C37H41F2N3O7S/c1-50(45,46)42-20-23(21-42)22-48-28-6-2-24(3-7-28)37(12-14-47-15-13-37)25-4-8-29(9-5-25)49-30-16-26(17-30)40-27-18-32(38)35(33(39)19-27)31-10-11-34(43)41-36(31)44/h2-9,18-19,23,26,30-31,40H,10-17,20-22H2,1H3,(H,41,43,44). The Morgan fingerprint density at radius 1 is 0.940 bits per heavy atom. The number of carbonyl (C=O) groups is 2. The topological polar surface area (TPSA) is 123 Å². The molecule has 1 unspecified atom stereocenters. The molecular weight excluding hydrogens is 668 g/mol. The first-order valence-electron chi connectivity index (χ1n) is 17.1. The van der Waals surface area contributed by atoms with Crippen molar-refractivity contribution in [3.63, 3.8) is 0 Å². The maximum atomic E-state index is 14.9. The molecular formula is C37H41F2N3O7S. The van der Waals surface area contributed by atoms with Gasteiger partial charge in [0.05, 0.1) is 18.8 Å². The third kappa shape index (κ3) is 7.22. The molecule has 0 spiro atoms. The molecule has 0 aromatic heterocycles. The van der Waals surface area contributed by atoms with E-state index in [9.17, 15) is 26.8 Å². The second-order valence-electron chi connectivity index (χ2n) is 13.9. The maximum Gasteiger partial charge on any atom is 0.234 e. The van der Waals surface area contributed by atoms with Gasteiger partial charge in [0.15, 0.2) is 0 Å². The average Bonchev–Trinajstić information content (AvgIpc) is 3.04. The van der Waals surface area contributed by atoms with Crippen LogP contribution in [-0.2, 0) is 29.8 Å². The van der Waals surface area contributed by atoms with Crippen molar-refractivity contribution in [2.45, 2.75) is 62.0 Å². The first kappa shape index (κ1) is 34.4. The van der Waals surface area contributed by atoms with E-state index < -0.39 is 39.4 Å². The number of sulfonamides is 1. The summed E-state index contributed by atoms with van der Waals surface area (Å²) in [5, 5.41) is 5.32. The minimum absolute atomic E-state index is 0.0205. The Morgan fingerprint density at radius 3 is 2.12 bits per heavy atom. The summed E-state index contributed by atoms with van der Waals surface area (Å²) >= 11 is 0. The van der Waals surface area contributed by atoms with Crippen LogP contribution < -0.4 is 20.1 Å². The SMILES string of the molecule is CS(=O)(=O)N1CC(COc2ccc(C3(c4ccc(OC5CC(Nc6cc(F)c(C7CCC(=O)NC7=O)c(F)c6)C5)cc4)CCOCC3)cc2)C1. The van der Waals surface area contributed by atoms with Gasteiger partial charge in [-0.25, -0.2) is 21.5 Å². The van der Waals surface area contributed by atoms with Gasteiger partial charge in [0.25, 0.3) is 0 Å². The number of piperidine rings is 1. The molecule has 7 rings (SSSR count). The van der Waals surface area contributed by atoms with Gasteiger partial charge in [-0.3, -0.25) is 14.9 Å². The molecule has 3 saturated heterocycles. The van der Waals surface area contributed by atoms with Crippen molar-refractivity contribution in [1.29, 1.82) is 0 Å². The molecule has 3 aliphatic heterocycles. The molecule has 1 atom stereocenters. The van der Waals surface area contributed by atoms with Gasteiger partial charge >= 0.3 is 0 Å². The Labute approximate surface area is 290 Å². The largest absolute Gasteiger partial charge is 0.493 e. The van der Waals surface area contributed by atoms with E-state index in [4.69, 9.17) is 14.2 Å². The van der Waals surface area contributed by atoms with Crippen molar-refractivity contribution in [3.05, 3.63) is 89.0 Å². The normalized spacial score (nSPS) is 24.1. The molecule has 2 amide bonds. The lowest BCUT2D eigenvalue weighted by Crippen LogP contribution is -2.51. The number of benzene rings is 3. The highest BCUT2D eigenvalue weighted by Crippen LogP contribution is 2.43. The van der Waals surface area contributed by atoms with Gasteiger partial charge in [-0.1, -0.05) is 24.3 Å². The van der Waals surface area contributed by atoms with Crippen LogP contribution in [-0.4, -0.2) is 75.8 Å². The molecule has 1 saturated carbocycles. The summed E-state index contributed by atoms with van der Waals surface area (Å²) < 4.78 is 72.5. The Balaban J connectivity index is 0.930. The highest BCUT2D eigenvalue weighted by molar-refractivity contribution is 7.88. The molecule has 3 aromatic carbocycles. The third-order valence-corrected chi connectivity index (χ3v) is 11.7. The van der Waals surface area contributed by atoms with E-state index in [2.05, 4.69) is 34.9 Å². The zero-order valence-electron chi connectivity index (χ0n) is 27.8. The highest BCUT2D eigenvalue weighted by atomic mass is 32.2. The molecule has 4 aliphatic rings. The fourth-order valence-electron chi connectivity index (χ4n) is 7.48. The number of nitrogens with one attached hydrogen (secondary N) is 2. The lowest BCUT2D eigenvalue weighted by Gasteiger charge is -2.39. The predicted octanol–water partition coefficient (Wildman–Crippen LogP) is 4.87. The predicted molar refractivity (Wildman–Crippen MR) is 182 cm³/mol. The zero-order valence-corrected chi connectivity index (χ0v) is 28.6. The van der Waals surface area contributed by atoms with Crippen LogP contribution in [0.4, 0.5) is 14.5 Å². The van der Waals surface area contributed by atoms with Crippen LogP contribution in [0.15, 0.2) is 60.7 Å². The van der Waals surface area contributed by atoms with E-state index in [1.54, 1.807) is 0 Å². The lowest BCUT2D eigenvalue weighted by atomic mass is 9.69. The Hall–Kier alpha value is -4.07. The minimum Gasteiger partial charge on any atom is -0.493 e. The third-order valence-electron chi connectivity index (χ3n) is 10.5. The van der Waals surface area contributed by atoms with E-state index in [0.717, 1.165) is 24.3 Å². The van der Waals surface area contributed by atoms with Gasteiger partial charge in [0.1, 0.15) is 29.2 Å². The number of imide groups is 1. The van der Waals surface area contributed by atoms with Gasteiger partial charge < -0.3 is 19.5 Å². The van der Waals surface area contributed by atoms with Crippen LogP contribution in [0.3, 0.4) is 0 Å². The van der Waals surface area contributed by atoms with Crippen LogP contribution in [0.5, 0.6) is 11.5 Å². The summed E-state index contributed by atoms with van der Waals surface area (Å²) in [6, 6.07) is 18.8. The number of hydrogen-bond donors (Lipinski definition) is 2. The van der Waals surface area contributed by atoms with E-state index in [1.165, 1.54) is 33.8 Å². The monoisotopic (exact) mass is 709 g/mol.